The molecule has 26 heavy (non-hydrogen) atoms. The maximum Gasteiger partial charge on any atom is 0.263 e. The second-order valence-electron chi connectivity index (χ2n) is 6.91. The third-order valence-electron chi connectivity index (χ3n) is 4.88. The summed E-state index contributed by atoms with van der Waals surface area (Å²) in [6.07, 6.45) is 0.273. The number of carbonyl (C=O) groups is 1. The van der Waals surface area contributed by atoms with Crippen LogP contribution in [0, 0.1) is 6.92 Å². The van der Waals surface area contributed by atoms with Gasteiger partial charge in [-0.25, -0.2) is 0 Å². The molecule has 0 spiro atoms. The van der Waals surface area contributed by atoms with Crippen molar-refractivity contribution in [3.05, 3.63) is 65.7 Å². The fourth-order valence-corrected chi connectivity index (χ4v) is 3.26. The molecule has 0 aromatic heterocycles. The Morgan fingerprint density at radius 1 is 1.00 bits per heavy atom. The summed E-state index contributed by atoms with van der Waals surface area (Å²) in [5.74, 6) is 0.867. The molecule has 2 aromatic rings. The number of nitrogens with zero attached hydrogens (tertiary/aromatic N) is 2. The first-order valence-electron chi connectivity index (χ1n) is 9.44. The predicted octanol–water partition coefficient (Wildman–Crippen LogP) is 3.50. The number of aryl methyl sites for hydroxylation is 1. The second-order valence-corrected chi connectivity index (χ2v) is 6.91. The summed E-state index contributed by atoms with van der Waals surface area (Å²) in [4.78, 5) is 17.2. The number of hydrogen-bond donors (Lipinski definition) is 0. The molecule has 3 rings (SSSR count). The van der Waals surface area contributed by atoms with Crippen LogP contribution in [0.15, 0.2) is 54.6 Å². The van der Waals surface area contributed by atoms with Gasteiger partial charge in [0.2, 0.25) is 0 Å². The highest BCUT2D eigenvalue weighted by Crippen LogP contribution is 2.17. The molecule has 1 unspecified atom stereocenters. The first kappa shape index (κ1) is 18.5. The lowest BCUT2D eigenvalue weighted by Crippen LogP contribution is -2.52. The van der Waals surface area contributed by atoms with Gasteiger partial charge in [-0.2, -0.15) is 0 Å². The average molecular weight is 352 g/mol. The van der Waals surface area contributed by atoms with Gasteiger partial charge >= 0.3 is 0 Å². The van der Waals surface area contributed by atoms with E-state index < -0.39 is 6.10 Å². The molecule has 4 heteroatoms. The summed E-state index contributed by atoms with van der Waals surface area (Å²) in [7, 11) is 0. The highest BCUT2D eigenvalue weighted by atomic mass is 16.5. The van der Waals surface area contributed by atoms with Gasteiger partial charge in [0.1, 0.15) is 5.75 Å². The van der Waals surface area contributed by atoms with Crippen molar-refractivity contribution in [3.63, 3.8) is 0 Å². The molecule has 1 atom stereocenters. The van der Waals surface area contributed by atoms with Crippen molar-refractivity contribution in [3.8, 4) is 5.75 Å². The molecule has 0 saturated carbocycles. The molecule has 1 fully saturated rings. The first-order valence-corrected chi connectivity index (χ1v) is 9.44. The van der Waals surface area contributed by atoms with Gasteiger partial charge < -0.3 is 9.64 Å². The molecule has 0 radical (unpaired) electrons. The zero-order valence-electron chi connectivity index (χ0n) is 15.7. The molecule has 1 aliphatic heterocycles. The van der Waals surface area contributed by atoms with Crippen molar-refractivity contribution >= 4 is 5.91 Å². The number of amides is 1. The van der Waals surface area contributed by atoms with Crippen molar-refractivity contribution in [2.75, 3.05) is 26.2 Å². The van der Waals surface area contributed by atoms with Crippen LogP contribution in [0.2, 0.25) is 0 Å². The monoisotopic (exact) mass is 352 g/mol. The van der Waals surface area contributed by atoms with E-state index in [-0.39, 0.29) is 5.91 Å². The van der Waals surface area contributed by atoms with Gasteiger partial charge in [-0.1, -0.05) is 55.0 Å². The van der Waals surface area contributed by atoms with Crippen molar-refractivity contribution in [1.82, 2.24) is 9.80 Å². The van der Waals surface area contributed by atoms with E-state index in [0.29, 0.717) is 6.42 Å². The Balaban J connectivity index is 1.52. The Kier molecular flexibility index (Phi) is 6.29. The molecule has 2 aromatic carbocycles. The molecular formula is C22H28N2O2. The minimum Gasteiger partial charge on any atom is -0.481 e. The Hall–Kier alpha value is -2.33. The van der Waals surface area contributed by atoms with E-state index in [1.165, 1.54) is 11.1 Å². The standard InChI is InChI=1S/C22H28N2O2/c1-3-21(26-20-11-9-18(2)10-12-20)22(25)24-15-13-23(14-16-24)17-19-7-5-4-6-8-19/h4-12,21H,3,13-17H2,1-2H3. The minimum atomic E-state index is -0.404. The smallest absolute Gasteiger partial charge is 0.263 e. The second kappa shape index (κ2) is 8.86. The normalized spacial score (nSPS) is 16.3. The van der Waals surface area contributed by atoms with Gasteiger partial charge in [0.15, 0.2) is 6.10 Å². The van der Waals surface area contributed by atoms with Crippen LogP contribution in [0.25, 0.3) is 0 Å². The Bertz CT molecular complexity index is 692. The molecule has 1 heterocycles. The van der Waals surface area contributed by atoms with Crippen molar-refractivity contribution in [1.29, 1.82) is 0 Å². The molecular weight excluding hydrogens is 324 g/mol. The Morgan fingerprint density at radius 2 is 1.65 bits per heavy atom. The lowest BCUT2D eigenvalue weighted by atomic mass is 10.1. The maximum absolute atomic E-state index is 12.8. The van der Waals surface area contributed by atoms with Gasteiger partial charge in [0, 0.05) is 32.7 Å². The molecule has 1 aliphatic rings. The molecule has 1 saturated heterocycles. The quantitative estimate of drug-likeness (QED) is 0.798. The van der Waals surface area contributed by atoms with E-state index in [1.807, 2.05) is 49.1 Å². The van der Waals surface area contributed by atoms with Gasteiger partial charge in [0.25, 0.3) is 5.91 Å². The lowest BCUT2D eigenvalue weighted by Gasteiger charge is -2.36. The number of piperazine rings is 1. The van der Waals surface area contributed by atoms with E-state index >= 15 is 0 Å². The third-order valence-corrected chi connectivity index (χ3v) is 4.88. The lowest BCUT2D eigenvalue weighted by molar-refractivity contribution is -0.140. The van der Waals surface area contributed by atoms with Crippen LogP contribution in [0.1, 0.15) is 24.5 Å². The van der Waals surface area contributed by atoms with Crippen molar-refractivity contribution in [2.24, 2.45) is 0 Å². The van der Waals surface area contributed by atoms with E-state index in [9.17, 15) is 4.79 Å². The summed E-state index contributed by atoms with van der Waals surface area (Å²) in [5, 5.41) is 0. The largest absolute Gasteiger partial charge is 0.481 e. The zero-order valence-corrected chi connectivity index (χ0v) is 15.7. The number of hydrogen-bond acceptors (Lipinski definition) is 3. The summed E-state index contributed by atoms with van der Waals surface area (Å²) < 4.78 is 5.95. The van der Waals surface area contributed by atoms with E-state index in [0.717, 1.165) is 38.5 Å². The first-order chi connectivity index (χ1) is 12.7. The zero-order chi connectivity index (χ0) is 18.4. The number of benzene rings is 2. The molecule has 138 valence electrons. The van der Waals surface area contributed by atoms with Crippen LogP contribution in [0.4, 0.5) is 0 Å². The topological polar surface area (TPSA) is 32.8 Å². The summed E-state index contributed by atoms with van der Waals surface area (Å²) in [6.45, 7) is 8.32. The van der Waals surface area contributed by atoms with Gasteiger partial charge in [-0.05, 0) is 31.0 Å². The van der Waals surface area contributed by atoms with Crippen molar-refractivity contribution in [2.45, 2.75) is 32.9 Å². The van der Waals surface area contributed by atoms with Crippen LogP contribution < -0.4 is 4.74 Å². The molecule has 0 N–H and O–H groups in total. The minimum absolute atomic E-state index is 0.104. The fraction of sp³-hybridized carbons (Fsp3) is 0.409. The van der Waals surface area contributed by atoms with E-state index in [4.69, 9.17) is 4.74 Å². The highest BCUT2D eigenvalue weighted by molar-refractivity contribution is 5.81. The van der Waals surface area contributed by atoms with Crippen LogP contribution in [0.3, 0.4) is 0 Å². The molecule has 4 nitrogen and oxygen atoms in total. The number of carbonyl (C=O) groups excluding carboxylic acids is 1. The van der Waals surface area contributed by atoms with Crippen LogP contribution in [-0.2, 0) is 11.3 Å². The Labute approximate surface area is 156 Å². The summed E-state index contributed by atoms with van der Waals surface area (Å²) >= 11 is 0. The maximum atomic E-state index is 12.8. The van der Waals surface area contributed by atoms with Gasteiger partial charge in [-0.3, -0.25) is 9.69 Å². The van der Waals surface area contributed by atoms with E-state index in [1.54, 1.807) is 0 Å². The molecule has 0 aliphatic carbocycles. The predicted molar refractivity (Wildman–Crippen MR) is 104 cm³/mol. The summed E-state index contributed by atoms with van der Waals surface area (Å²) in [6, 6.07) is 18.4. The van der Waals surface area contributed by atoms with Crippen LogP contribution in [-0.4, -0.2) is 48.0 Å². The van der Waals surface area contributed by atoms with Crippen molar-refractivity contribution < 1.29 is 9.53 Å². The molecule has 1 amide bonds. The SMILES string of the molecule is CCC(Oc1ccc(C)cc1)C(=O)N1CCN(Cc2ccccc2)CC1. The average Bonchev–Trinajstić information content (AvgIpc) is 2.68. The van der Waals surface area contributed by atoms with Gasteiger partial charge in [0.05, 0.1) is 0 Å². The summed E-state index contributed by atoms with van der Waals surface area (Å²) in [5.41, 5.74) is 2.51. The molecule has 0 bridgehead atoms. The van der Waals surface area contributed by atoms with Crippen LogP contribution in [0.5, 0.6) is 5.75 Å². The highest BCUT2D eigenvalue weighted by Gasteiger charge is 2.27. The van der Waals surface area contributed by atoms with E-state index in [2.05, 4.69) is 29.2 Å². The van der Waals surface area contributed by atoms with Crippen LogP contribution >= 0.6 is 0 Å². The third kappa shape index (κ3) is 4.85. The van der Waals surface area contributed by atoms with Gasteiger partial charge in [-0.15, -0.1) is 0 Å². The fourth-order valence-electron chi connectivity index (χ4n) is 3.26. The number of rotatable bonds is 6. The Morgan fingerprint density at radius 3 is 2.27 bits per heavy atom. The number of ether oxygens (including phenoxy) is 1.